The van der Waals surface area contributed by atoms with E-state index >= 15 is 0 Å². The molecule has 2 unspecified atom stereocenters. The molecule has 0 fully saturated rings. The number of nitrogens with two attached hydrogens (primary N) is 1. The van der Waals surface area contributed by atoms with Crippen molar-refractivity contribution in [2.45, 2.75) is 26.4 Å². The Kier molecular flexibility index (Phi) is 4.29. The van der Waals surface area contributed by atoms with Gasteiger partial charge in [-0.25, -0.2) is 4.98 Å². The van der Waals surface area contributed by atoms with E-state index in [4.69, 9.17) is 5.73 Å². The van der Waals surface area contributed by atoms with E-state index in [1.165, 1.54) is 0 Å². The molecular weight excluding hydrogens is 188 g/mol. The number of imidazole rings is 1. The van der Waals surface area contributed by atoms with Gasteiger partial charge in [0, 0.05) is 32.0 Å². The van der Waals surface area contributed by atoms with Gasteiger partial charge in [0.25, 0.3) is 0 Å². The number of aromatic nitrogens is 2. The van der Waals surface area contributed by atoms with Crippen molar-refractivity contribution in [3.8, 4) is 0 Å². The minimum atomic E-state index is 0.244. The monoisotopic (exact) mass is 210 g/mol. The summed E-state index contributed by atoms with van der Waals surface area (Å²) in [5.74, 6) is 1.60. The Labute approximate surface area is 92.1 Å². The first kappa shape index (κ1) is 12.2. The van der Waals surface area contributed by atoms with E-state index in [1.807, 2.05) is 24.0 Å². The van der Waals surface area contributed by atoms with Crippen LogP contribution in [0.4, 0.5) is 0 Å². The van der Waals surface area contributed by atoms with Crippen molar-refractivity contribution in [1.82, 2.24) is 14.5 Å². The Morgan fingerprint density at radius 2 is 2.20 bits per heavy atom. The van der Waals surface area contributed by atoms with Crippen LogP contribution < -0.4 is 5.73 Å². The average molecular weight is 210 g/mol. The largest absolute Gasteiger partial charge is 0.337 e. The predicted molar refractivity (Wildman–Crippen MR) is 62.4 cm³/mol. The summed E-state index contributed by atoms with van der Waals surface area (Å²) >= 11 is 0. The van der Waals surface area contributed by atoms with E-state index in [0.717, 1.165) is 18.9 Å². The van der Waals surface area contributed by atoms with Gasteiger partial charge in [0.2, 0.25) is 0 Å². The molecule has 0 aromatic carbocycles. The van der Waals surface area contributed by atoms with Gasteiger partial charge in [-0.2, -0.15) is 0 Å². The second kappa shape index (κ2) is 5.28. The van der Waals surface area contributed by atoms with Crippen LogP contribution in [0.2, 0.25) is 0 Å². The van der Waals surface area contributed by atoms with Crippen molar-refractivity contribution in [2.24, 2.45) is 18.7 Å². The molecule has 0 aliphatic heterocycles. The smallest absolute Gasteiger partial charge is 0.122 e. The summed E-state index contributed by atoms with van der Waals surface area (Å²) in [6.07, 6.45) is 3.80. The average Bonchev–Trinajstić information content (AvgIpc) is 2.51. The molecule has 0 aliphatic carbocycles. The molecule has 1 rings (SSSR count). The molecule has 0 radical (unpaired) electrons. The van der Waals surface area contributed by atoms with Crippen LogP contribution in [0.15, 0.2) is 12.4 Å². The van der Waals surface area contributed by atoms with Crippen LogP contribution in [0.25, 0.3) is 0 Å². The van der Waals surface area contributed by atoms with Crippen LogP contribution in [0.5, 0.6) is 0 Å². The highest BCUT2D eigenvalue weighted by Gasteiger charge is 2.11. The van der Waals surface area contributed by atoms with Gasteiger partial charge < -0.3 is 10.3 Å². The first-order chi connectivity index (χ1) is 7.00. The fourth-order valence-corrected chi connectivity index (χ4v) is 1.51. The summed E-state index contributed by atoms with van der Waals surface area (Å²) in [6, 6.07) is 0.244. The molecule has 1 aromatic heterocycles. The Morgan fingerprint density at radius 1 is 1.53 bits per heavy atom. The number of hydrogen-bond donors (Lipinski definition) is 1. The maximum Gasteiger partial charge on any atom is 0.122 e. The third-order valence-electron chi connectivity index (χ3n) is 2.83. The van der Waals surface area contributed by atoms with E-state index < -0.39 is 0 Å². The topological polar surface area (TPSA) is 47.1 Å². The van der Waals surface area contributed by atoms with Crippen molar-refractivity contribution in [3.63, 3.8) is 0 Å². The maximum absolute atomic E-state index is 5.84. The first-order valence-electron chi connectivity index (χ1n) is 5.41. The summed E-state index contributed by atoms with van der Waals surface area (Å²) in [5.41, 5.74) is 5.84. The van der Waals surface area contributed by atoms with E-state index in [2.05, 4.69) is 30.8 Å². The van der Waals surface area contributed by atoms with Crippen LogP contribution in [-0.4, -0.2) is 34.1 Å². The Hall–Kier alpha value is -0.870. The Bertz CT molecular complexity index is 293. The van der Waals surface area contributed by atoms with Crippen LogP contribution in [-0.2, 0) is 13.6 Å². The lowest BCUT2D eigenvalue weighted by molar-refractivity contribution is 0.254. The highest BCUT2D eigenvalue weighted by atomic mass is 15.2. The highest BCUT2D eigenvalue weighted by Crippen LogP contribution is 2.05. The standard InChI is InChI=1S/C11H22N4/c1-9(10(2)12)7-14(3)8-11-13-5-6-15(11)4/h5-6,9-10H,7-8,12H2,1-4H3. The third kappa shape index (κ3) is 3.64. The number of rotatable bonds is 5. The van der Waals surface area contributed by atoms with Crippen molar-refractivity contribution in [2.75, 3.05) is 13.6 Å². The number of aryl methyl sites for hydroxylation is 1. The number of hydrogen-bond acceptors (Lipinski definition) is 3. The van der Waals surface area contributed by atoms with Gasteiger partial charge >= 0.3 is 0 Å². The first-order valence-corrected chi connectivity index (χ1v) is 5.41. The van der Waals surface area contributed by atoms with Gasteiger partial charge in [0.15, 0.2) is 0 Å². The fourth-order valence-electron chi connectivity index (χ4n) is 1.51. The molecule has 1 heterocycles. The zero-order chi connectivity index (χ0) is 11.4. The molecule has 0 saturated heterocycles. The number of nitrogens with zero attached hydrogens (tertiary/aromatic N) is 3. The van der Waals surface area contributed by atoms with Crippen LogP contribution in [0.1, 0.15) is 19.7 Å². The Morgan fingerprint density at radius 3 is 2.67 bits per heavy atom. The zero-order valence-electron chi connectivity index (χ0n) is 10.1. The van der Waals surface area contributed by atoms with Crippen LogP contribution in [0.3, 0.4) is 0 Å². The van der Waals surface area contributed by atoms with Gasteiger partial charge in [-0.3, -0.25) is 4.90 Å². The van der Waals surface area contributed by atoms with Gasteiger partial charge in [-0.15, -0.1) is 0 Å². The summed E-state index contributed by atoms with van der Waals surface area (Å²) in [5, 5.41) is 0. The third-order valence-corrected chi connectivity index (χ3v) is 2.83. The molecule has 15 heavy (non-hydrogen) atoms. The predicted octanol–water partition coefficient (Wildman–Crippen LogP) is 0.835. The minimum Gasteiger partial charge on any atom is -0.337 e. The lowest BCUT2D eigenvalue weighted by Gasteiger charge is -2.23. The summed E-state index contributed by atoms with van der Waals surface area (Å²) in [4.78, 5) is 6.56. The van der Waals surface area contributed by atoms with E-state index in [9.17, 15) is 0 Å². The molecule has 86 valence electrons. The molecule has 0 amide bonds. The van der Waals surface area contributed by atoms with Crippen molar-refractivity contribution >= 4 is 0 Å². The van der Waals surface area contributed by atoms with Gasteiger partial charge in [-0.1, -0.05) is 6.92 Å². The SMILES string of the molecule is CC(N)C(C)CN(C)Cc1nccn1C. The fraction of sp³-hybridized carbons (Fsp3) is 0.727. The molecule has 0 spiro atoms. The summed E-state index contributed by atoms with van der Waals surface area (Å²) < 4.78 is 2.05. The van der Waals surface area contributed by atoms with Crippen molar-refractivity contribution in [3.05, 3.63) is 18.2 Å². The van der Waals surface area contributed by atoms with Gasteiger partial charge in [-0.05, 0) is 19.9 Å². The molecule has 0 aliphatic rings. The van der Waals surface area contributed by atoms with Gasteiger partial charge in [0.05, 0.1) is 6.54 Å². The molecular formula is C11H22N4. The normalized spacial score (nSPS) is 15.6. The van der Waals surface area contributed by atoms with Crippen molar-refractivity contribution < 1.29 is 0 Å². The molecule has 0 saturated carbocycles. The summed E-state index contributed by atoms with van der Waals surface area (Å²) in [7, 11) is 4.12. The minimum absolute atomic E-state index is 0.244. The van der Waals surface area contributed by atoms with Crippen LogP contribution in [0, 0.1) is 5.92 Å². The van der Waals surface area contributed by atoms with E-state index in [0.29, 0.717) is 5.92 Å². The van der Waals surface area contributed by atoms with Crippen LogP contribution >= 0.6 is 0 Å². The molecule has 0 bridgehead atoms. The van der Waals surface area contributed by atoms with Crippen molar-refractivity contribution in [1.29, 1.82) is 0 Å². The molecule has 2 atom stereocenters. The lowest BCUT2D eigenvalue weighted by atomic mass is 10.0. The zero-order valence-corrected chi connectivity index (χ0v) is 10.1. The molecule has 2 N–H and O–H groups in total. The molecule has 1 aromatic rings. The van der Waals surface area contributed by atoms with E-state index in [-0.39, 0.29) is 6.04 Å². The molecule has 4 nitrogen and oxygen atoms in total. The second-order valence-corrected chi connectivity index (χ2v) is 4.49. The summed E-state index contributed by atoms with van der Waals surface area (Å²) in [6.45, 7) is 6.12. The lowest BCUT2D eigenvalue weighted by Crippen LogP contribution is -2.34. The maximum atomic E-state index is 5.84. The quantitative estimate of drug-likeness (QED) is 0.783. The second-order valence-electron chi connectivity index (χ2n) is 4.49. The molecule has 4 heteroatoms. The Balaban J connectivity index is 2.43. The van der Waals surface area contributed by atoms with Gasteiger partial charge in [0.1, 0.15) is 5.82 Å². The highest BCUT2D eigenvalue weighted by molar-refractivity contribution is 4.90. The van der Waals surface area contributed by atoms with E-state index in [1.54, 1.807) is 0 Å².